The van der Waals surface area contributed by atoms with Gasteiger partial charge in [0.2, 0.25) is 6.79 Å². The van der Waals surface area contributed by atoms with Crippen molar-refractivity contribution in [2.24, 2.45) is 12.0 Å². The highest BCUT2D eigenvalue weighted by Crippen LogP contribution is 2.31. The topological polar surface area (TPSA) is 65.7 Å². The van der Waals surface area contributed by atoms with Gasteiger partial charge < -0.3 is 9.47 Å². The molecule has 0 aliphatic carbocycles. The van der Waals surface area contributed by atoms with Crippen LogP contribution in [0.5, 0.6) is 0 Å². The van der Waals surface area contributed by atoms with Gasteiger partial charge in [-0.15, -0.1) is 0 Å². The van der Waals surface area contributed by atoms with Gasteiger partial charge in [0, 0.05) is 31.4 Å². The van der Waals surface area contributed by atoms with E-state index in [4.69, 9.17) is 9.47 Å². The molecule has 1 heterocycles. The van der Waals surface area contributed by atoms with Crippen LogP contribution >= 0.6 is 0 Å². The molecule has 35 heavy (non-hydrogen) atoms. The lowest BCUT2D eigenvalue weighted by molar-refractivity contribution is -0.150. The van der Waals surface area contributed by atoms with Crippen molar-refractivity contribution in [2.75, 3.05) is 13.8 Å². The number of aryl methyl sites for hydroxylation is 2. The smallest absolute Gasteiger partial charge is 0.313 e. The van der Waals surface area contributed by atoms with Crippen molar-refractivity contribution in [3.8, 4) is 0 Å². The normalized spacial score (nSPS) is 12.5. The van der Waals surface area contributed by atoms with E-state index >= 15 is 0 Å². The quantitative estimate of drug-likeness (QED) is 0.183. The monoisotopic (exact) mass is 473 g/mol. The fourth-order valence-corrected chi connectivity index (χ4v) is 3.87. The lowest BCUT2D eigenvalue weighted by Crippen LogP contribution is -2.13. The number of rotatable bonds is 8. The van der Waals surface area contributed by atoms with Crippen LogP contribution in [0.1, 0.15) is 54.4 Å². The zero-order valence-electron chi connectivity index (χ0n) is 21.8. The second-order valence-corrected chi connectivity index (χ2v) is 9.58. The first-order valence-corrected chi connectivity index (χ1v) is 11.7. The molecule has 0 spiro atoms. The molecule has 1 aromatic heterocycles. The van der Waals surface area contributed by atoms with E-state index in [1.807, 2.05) is 51.2 Å². The Labute approximate surface area is 208 Å². The third-order valence-corrected chi connectivity index (χ3v) is 5.92. The fourth-order valence-electron chi connectivity index (χ4n) is 3.87. The number of hydrogen-bond donors (Lipinski definition) is 0. The maximum Gasteiger partial charge on any atom is 0.313 e. The minimum atomic E-state index is -0.353. The van der Waals surface area contributed by atoms with Gasteiger partial charge in [0.15, 0.2) is 5.76 Å². The second kappa shape index (κ2) is 11.2. The number of hydrogen-bond acceptors (Lipinski definition) is 5. The van der Waals surface area contributed by atoms with Crippen molar-refractivity contribution in [3.63, 3.8) is 0 Å². The summed E-state index contributed by atoms with van der Waals surface area (Å²) in [5.74, 6) is 0.209. The summed E-state index contributed by atoms with van der Waals surface area (Å²) in [6, 6.07) is 17.9. The zero-order valence-corrected chi connectivity index (χ0v) is 21.8. The van der Waals surface area contributed by atoms with Crippen LogP contribution in [0.15, 0.2) is 59.6 Å². The molecule has 6 nitrogen and oxygen atoms in total. The van der Waals surface area contributed by atoms with Crippen LogP contribution in [-0.2, 0) is 33.2 Å². The Kier molecular flexibility index (Phi) is 8.28. The van der Waals surface area contributed by atoms with E-state index < -0.39 is 0 Å². The predicted octanol–water partition coefficient (Wildman–Crippen LogP) is 5.66. The van der Waals surface area contributed by atoms with Crippen LogP contribution in [0.3, 0.4) is 0 Å². The summed E-state index contributed by atoms with van der Waals surface area (Å²) in [6.07, 6.45) is 1.96. The van der Waals surface area contributed by atoms with E-state index in [1.165, 1.54) is 5.56 Å². The summed E-state index contributed by atoms with van der Waals surface area (Å²) in [5, 5.41) is 4.56. The molecule has 2 aromatic carbocycles. The Morgan fingerprint density at radius 3 is 2.23 bits per heavy atom. The van der Waals surface area contributed by atoms with Gasteiger partial charge in [-0.25, -0.2) is 0 Å². The fraction of sp³-hybridized carbons (Fsp3) is 0.345. The first kappa shape index (κ1) is 25.9. The number of carbonyl (C=O) groups is 1. The van der Waals surface area contributed by atoms with Crippen molar-refractivity contribution in [1.29, 1.82) is 0 Å². The molecule has 0 amide bonds. The minimum Gasteiger partial charge on any atom is -0.454 e. The van der Waals surface area contributed by atoms with Crippen molar-refractivity contribution in [2.45, 2.75) is 46.5 Å². The Balaban J connectivity index is 1.96. The van der Waals surface area contributed by atoms with Crippen LogP contribution in [0.4, 0.5) is 0 Å². The summed E-state index contributed by atoms with van der Waals surface area (Å²) >= 11 is 0. The molecule has 0 atom stereocenters. The number of esters is 1. The van der Waals surface area contributed by atoms with Gasteiger partial charge in [-0.1, -0.05) is 75.4 Å². The van der Waals surface area contributed by atoms with Gasteiger partial charge in [-0.2, -0.15) is 5.10 Å². The van der Waals surface area contributed by atoms with Crippen molar-refractivity contribution in [3.05, 3.63) is 88.2 Å². The maximum absolute atomic E-state index is 12.4. The van der Waals surface area contributed by atoms with Gasteiger partial charge in [-0.3, -0.25) is 14.5 Å². The number of aromatic nitrogens is 2. The third kappa shape index (κ3) is 6.47. The molecule has 0 N–H and O–H groups in total. The number of aliphatic imine (C=N–C) groups is 1. The van der Waals surface area contributed by atoms with Gasteiger partial charge in [0.05, 0.1) is 12.1 Å². The average Bonchev–Trinajstić information content (AvgIpc) is 3.07. The summed E-state index contributed by atoms with van der Waals surface area (Å²) in [5.41, 5.74) is 6.63. The molecule has 0 bridgehead atoms. The molecule has 0 aliphatic rings. The number of carbonyl (C=O) groups excluding carboxylic acids is 1. The van der Waals surface area contributed by atoms with E-state index in [0.717, 1.165) is 33.7 Å². The van der Waals surface area contributed by atoms with E-state index in [9.17, 15) is 4.79 Å². The molecular formula is C29H35N3O3. The number of ether oxygens (including phenoxy) is 2. The first-order chi connectivity index (χ1) is 16.6. The summed E-state index contributed by atoms with van der Waals surface area (Å²) in [6.45, 7) is 10.3. The minimum absolute atomic E-state index is 0.0449. The van der Waals surface area contributed by atoms with Crippen LogP contribution in [0.2, 0.25) is 0 Å². The van der Waals surface area contributed by atoms with E-state index in [1.54, 1.807) is 17.9 Å². The summed E-state index contributed by atoms with van der Waals surface area (Å²) in [7, 11) is 3.60. The van der Waals surface area contributed by atoms with Crippen molar-refractivity contribution < 1.29 is 14.3 Å². The number of benzene rings is 2. The van der Waals surface area contributed by atoms with Crippen LogP contribution in [0, 0.1) is 13.8 Å². The molecule has 0 radical (unpaired) electrons. The molecule has 3 rings (SSSR count). The van der Waals surface area contributed by atoms with Gasteiger partial charge >= 0.3 is 5.97 Å². The summed E-state index contributed by atoms with van der Waals surface area (Å²) < 4.78 is 13.4. The molecule has 0 saturated carbocycles. The highest BCUT2D eigenvalue weighted by atomic mass is 16.7. The molecule has 0 fully saturated rings. The lowest BCUT2D eigenvalue weighted by atomic mass is 9.86. The molecule has 6 heteroatoms. The Hall–Kier alpha value is -3.67. The van der Waals surface area contributed by atoms with Gasteiger partial charge in [0.1, 0.15) is 5.69 Å². The molecule has 184 valence electrons. The van der Waals surface area contributed by atoms with Crippen LogP contribution < -0.4 is 0 Å². The Bertz CT molecular complexity index is 1210. The van der Waals surface area contributed by atoms with Crippen LogP contribution in [0.25, 0.3) is 11.3 Å². The first-order valence-electron chi connectivity index (χ1n) is 11.7. The SMILES string of the molecule is C/N=C\C(=C(\OCOC(=O)Cc1ccccc1)c1c(C)c(C)nn1C)c1ccc(C(C)(C)C)cc1. The maximum atomic E-state index is 12.4. The third-order valence-electron chi connectivity index (χ3n) is 5.92. The number of nitrogens with zero attached hydrogens (tertiary/aromatic N) is 3. The highest BCUT2D eigenvalue weighted by molar-refractivity contribution is 6.18. The van der Waals surface area contributed by atoms with Gasteiger partial charge in [0.25, 0.3) is 0 Å². The van der Waals surface area contributed by atoms with E-state index in [0.29, 0.717) is 5.76 Å². The Morgan fingerprint density at radius 1 is 1.03 bits per heavy atom. The Morgan fingerprint density at radius 2 is 1.69 bits per heavy atom. The lowest BCUT2D eigenvalue weighted by Gasteiger charge is -2.20. The number of allylic oxidation sites excluding steroid dienone is 1. The largest absolute Gasteiger partial charge is 0.454 e. The average molecular weight is 474 g/mol. The second-order valence-electron chi connectivity index (χ2n) is 9.58. The molecular weight excluding hydrogens is 438 g/mol. The van der Waals surface area contributed by atoms with E-state index in [2.05, 4.69) is 55.1 Å². The molecule has 0 saturated heterocycles. The molecule has 0 unspecified atom stereocenters. The predicted molar refractivity (Wildman–Crippen MR) is 141 cm³/mol. The van der Waals surface area contributed by atoms with Crippen molar-refractivity contribution >= 4 is 23.5 Å². The van der Waals surface area contributed by atoms with Gasteiger partial charge in [-0.05, 0) is 36.0 Å². The zero-order chi connectivity index (χ0) is 25.6. The van der Waals surface area contributed by atoms with Crippen LogP contribution in [-0.4, -0.2) is 35.8 Å². The van der Waals surface area contributed by atoms with Crippen molar-refractivity contribution in [1.82, 2.24) is 9.78 Å². The van der Waals surface area contributed by atoms with E-state index in [-0.39, 0.29) is 24.6 Å². The molecule has 3 aromatic rings. The molecule has 0 aliphatic heterocycles. The standard InChI is InChI=1S/C29H35N3O3/c1-20-21(2)31-32(7)27(20)28(35-19-34-26(33)17-22-11-9-8-10-12-22)25(18-30-6)23-13-15-24(16-14-23)29(3,4)5/h8-16,18H,17,19H2,1-7H3/b28-25-,30-18-. The summed E-state index contributed by atoms with van der Waals surface area (Å²) in [4.78, 5) is 16.7. The highest BCUT2D eigenvalue weighted by Gasteiger charge is 2.21.